The smallest absolute Gasteiger partial charge is 0.255 e. The van der Waals surface area contributed by atoms with Crippen molar-refractivity contribution >= 4 is 11.8 Å². The van der Waals surface area contributed by atoms with Gasteiger partial charge in [0.05, 0.1) is 24.2 Å². The summed E-state index contributed by atoms with van der Waals surface area (Å²) in [5.74, 6) is -0.320. The van der Waals surface area contributed by atoms with Crippen LogP contribution in [-0.2, 0) is 9.53 Å². The molecule has 2 N–H and O–H groups in total. The Morgan fingerprint density at radius 2 is 1.70 bits per heavy atom. The molecule has 222 valence electrons. The van der Waals surface area contributed by atoms with Crippen molar-refractivity contribution in [1.82, 2.24) is 10.6 Å². The second-order valence-electron chi connectivity index (χ2n) is 13.8. The van der Waals surface area contributed by atoms with Crippen molar-refractivity contribution in [2.75, 3.05) is 26.9 Å². The number of halogens is 1. The average Bonchev–Trinajstić information content (AvgIpc) is 3.51. The predicted octanol–water partition coefficient (Wildman–Crippen LogP) is 5.65. The number of fused-ring (bicyclic) bond motifs is 2. The maximum atomic E-state index is 15.2. The molecule has 1 aromatic rings. The van der Waals surface area contributed by atoms with Crippen LogP contribution < -0.4 is 20.1 Å². The predicted molar refractivity (Wildman–Crippen MR) is 151 cm³/mol. The maximum Gasteiger partial charge on any atom is 0.255 e. The number of carbonyl (C=O) groups excluding carboxylic acids is 2. The largest absolute Gasteiger partial charge is 0.490 e. The minimum Gasteiger partial charge on any atom is -0.490 e. The normalized spacial score (nSPS) is 28.5. The van der Waals surface area contributed by atoms with E-state index in [1.165, 1.54) is 18.6 Å². The second-order valence-corrected chi connectivity index (χ2v) is 13.8. The molecule has 8 heteroatoms. The van der Waals surface area contributed by atoms with Gasteiger partial charge in [0.15, 0.2) is 11.6 Å². The summed E-state index contributed by atoms with van der Waals surface area (Å²) in [6.07, 6.45) is 10.1. The van der Waals surface area contributed by atoms with E-state index in [1.807, 2.05) is 0 Å². The molecular weight excluding hydrogens is 511 g/mol. The molecule has 0 saturated heterocycles. The first-order chi connectivity index (χ1) is 19.1. The summed E-state index contributed by atoms with van der Waals surface area (Å²) >= 11 is 0. The molecule has 4 aliphatic carbocycles. The Morgan fingerprint density at radius 1 is 0.975 bits per heavy atom. The Kier molecular flexibility index (Phi) is 8.65. The first-order valence-electron chi connectivity index (χ1n) is 15.3. The van der Waals surface area contributed by atoms with Crippen molar-refractivity contribution in [3.05, 3.63) is 23.5 Å². The number of rotatable bonds is 11. The van der Waals surface area contributed by atoms with E-state index in [1.54, 1.807) is 7.11 Å². The van der Waals surface area contributed by atoms with Crippen LogP contribution in [0, 0.1) is 34.4 Å². The summed E-state index contributed by atoms with van der Waals surface area (Å²) in [7, 11) is 1.56. The number of amides is 2. The molecule has 4 aliphatic rings. The molecule has 0 spiro atoms. The lowest BCUT2D eigenvalue weighted by Crippen LogP contribution is -2.51. The second kappa shape index (κ2) is 11.9. The molecule has 4 atom stereocenters. The van der Waals surface area contributed by atoms with Crippen LogP contribution in [0.2, 0.25) is 0 Å². The van der Waals surface area contributed by atoms with Crippen LogP contribution >= 0.6 is 0 Å². The number of carbonyl (C=O) groups is 2. The third-order valence-electron chi connectivity index (χ3n) is 10.2. The van der Waals surface area contributed by atoms with Crippen LogP contribution in [0.25, 0.3) is 0 Å². The molecule has 5 rings (SSSR count). The van der Waals surface area contributed by atoms with E-state index in [4.69, 9.17) is 14.2 Å². The average molecular weight is 559 g/mol. The summed E-state index contributed by atoms with van der Waals surface area (Å²) in [5.41, 5.74) is 0.688. The lowest BCUT2D eigenvalue weighted by molar-refractivity contribution is -0.128. The Bertz CT molecular complexity index is 1080. The molecule has 7 nitrogen and oxygen atoms in total. The molecular formula is C32H47FN2O5. The molecule has 4 fully saturated rings. The Balaban J connectivity index is 1.32. The Morgan fingerprint density at radius 3 is 2.38 bits per heavy atom. The highest BCUT2D eigenvalue weighted by atomic mass is 19.1. The number of nitrogens with one attached hydrogen (secondary N) is 2. The molecule has 2 bridgehead atoms. The highest BCUT2D eigenvalue weighted by Crippen LogP contribution is 2.49. The SMILES string of the molecule is COCCOc1cc(F)c(OC2CCC(C)(C)CC2)cc1C(=O)N[C@@H]1[C@H]2CC[C@H](C2)[C@@H]1C(=O)NCC1(C)CCC1. The summed E-state index contributed by atoms with van der Waals surface area (Å²) in [6.45, 7) is 7.90. The number of ether oxygens (including phenoxy) is 3. The zero-order valence-electron chi connectivity index (χ0n) is 24.7. The van der Waals surface area contributed by atoms with Gasteiger partial charge >= 0.3 is 0 Å². The zero-order valence-corrected chi connectivity index (χ0v) is 24.7. The Hall–Kier alpha value is -2.35. The summed E-state index contributed by atoms with van der Waals surface area (Å²) in [6, 6.07) is 2.48. The molecule has 0 radical (unpaired) electrons. The van der Waals surface area contributed by atoms with Crippen LogP contribution in [-0.4, -0.2) is 50.8 Å². The lowest BCUT2D eigenvalue weighted by atomic mass is 9.70. The van der Waals surface area contributed by atoms with Crippen molar-refractivity contribution < 1.29 is 28.2 Å². The van der Waals surface area contributed by atoms with Gasteiger partial charge in [-0.05, 0) is 86.5 Å². The van der Waals surface area contributed by atoms with Crippen LogP contribution in [0.5, 0.6) is 11.5 Å². The van der Waals surface area contributed by atoms with Crippen LogP contribution in [0.15, 0.2) is 12.1 Å². The van der Waals surface area contributed by atoms with Gasteiger partial charge < -0.3 is 24.8 Å². The van der Waals surface area contributed by atoms with Gasteiger partial charge in [-0.1, -0.05) is 27.2 Å². The molecule has 0 unspecified atom stereocenters. The van der Waals surface area contributed by atoms with E-state index in [0.717, 1.165) is 57.8 Å². The van der Waals surface area contributed by atoms with E-state index >= 15 is 4.39 Å². The summed E-state index contributed by atoms with van der Waals surface area (Å²) in [5, 5.41) is 6.40. The Labute approximate surface area is 238 Å². The van der Waals surface area contributed by atoms with Crippen molar-refractivity contribution in [3.8, 4) is 11.5 Å². The number of hydrogen-bond acceptors (Lipinski definition) is 5. The minimum atomic E-state index is -0.546. The third-order valence-corrected chi connectivity index (χ3v) is 10.2. The fourth-order valence-corrected chi connectivity index (χ4v) is 7.31. The number of benzene rings is 1. The zero-order chi connectivity index (χ0) is 28.5. The van der Waals surface area contributed by atoms with E-state index in [9.17, 15) is 9.59 Å². The molecule has 0 aliphatic heterocycles. The molecule has 40 heavy (non-hydrogen) atoms. The summed E-state index contributed by atoms with van der Waals surface area (Å²) in [4.78, 5) is 27.2. The van der Waals surface area contributed by atoms with Crippen molar-refractivity contribution in [1.29, 1.82) is 0 Å². The standard InChI is InChI=1S/C32H47FN2O5/c1-31(2)12-8-22(9-13-31)40-26-17-23(25(18-24(26)33)39-15-14-38-4)29(36)35-28-21-7-6-20(16-21)27(28)30(37)34-19-32(3)10-5-11-32/h17-18,20-22,27-28H,5-16,19H2,1-4H3,(H,34,37)(H,35,36)/t20-,21+,27+,28-/m1/s1. The fourth-order valence-electron chi connectivity index (χ4n) is 7.31. The number of methoxy groups -OCH3 is 1. The molecule has 1 aromatic carbocycles. The third kappa shape index (κ3) is 6.42. The van der Waals surface area contributed by atoms with Crippen LogP contribution in [0.1, 0.15) is 95.3 Å². The topological polar surface area (TPSA) is 85.9 Å². The van der Waals surface area contributed by atoms with Gasteiger partial charge in [-0.3, -0.25) is 9.59 Å². The fraction of sp³-hybridized carbons (Fsp3) is 0.750. The number of hydrogen-bond donors (Lipinski definition) is 2. The highest BCUT2D eigenvalue weighted by Gasteiger charge is 2.51. The van der Waals surface area contributed by atoms with E-state index in [2.05, 4.69) is 31.4 Å². The van der Waals surface area contributed by atoms with Gasteiger partial charge in [0.2, 0.25) is 5.91 Å². The molecule has 2 amide bonds. The van der Waals surface area contributed by atoms with Gasteiger partial charge in [-0.15, -0.1) is 0 Å². The monoisotopic (exact) mass is 558 g/mol. The minimum absolute atomic E-state index is 0.0468. The quantitative estimate of drug-likeness (QED) is 0.343. The van der Waals surface area contributed by atoms with Crippen molar-refractivity contribution in [2.24, 2.45) is 28.6 Å². The molecule has 0 aromatic heterocycles. The highest BCUT2D eigenvalue weighted by molar-refractivity contribution is 5.98. The van der Waals surface area contributed by atoms with E-state index in [0.29, 0.717) is 13.2 Å². The van der Waals surface area contributed by atoms with Gasteiger partial charge in [-0.25, -0.2) is 4.39 Å². The maximum absolute atomic E-state index is 15.2. The van der Waals surface area contributed by atoms with Gasteiger partial charge in [0.25, 0.3) is 5.91 Å². The first-order valence-corrected chi connectivity index (χ1v) is 15.3. The van der Waals surface area contributed by atoms with Crippen molar-refractivity contribution in [3.63, 3.8) is 0 Å². The van der Waals surface area contributed by atoms with Crippen molar-refractivity contribution in [2.45, 2.75) is 97.1 Å². The van der Waals surface area contributed by atoms with Gasteiger partial charge in [0, 0.05) is 25.8 Å². The van der Waals surface area contributed by atoms with E-state index < -0.39 is 5.82 Å². The molecule has 0 heterocycles. The summed E-state index contributed by atoms with van der Waals surface area (Å²) < 4.78 is 32.2. The van der Waals surface area contributed by atoms with Gasteiger partial charge in [0.1, 0.15) is 12.4 Å². The van der Waals surface area contributed by atoms with Crippen LogP contribution in [0.4, 0.5) is 4.39 Å². The van der Waals surface area contributed by atoms with Gasteiger partial charge in [-0.2, -0.15) is 0 Å². The van der Waals surface area contributed by atoms with Crippen LogP contribution in [0.3, 0.4) is 0 Å². The van der Waals surface area contributed by atoms with E-state index in [-0.39, 0.29) is 76.2 Å². The first kappa shape index (κ1) is 29.2. The molecule has 4 saturated carbocycles. The lowest BCUT2D eigenvalue weighted by Gasteiger charge is -2.39.